The number of anilines is 3. The molecule has 0 aliphatic rings. The van der Waals surface area contributed by atoms with Crippen molar-refractivity contribution in [3.63, 3.8) is 0 Å². The fourth-order valence-electron chi connectivity index (χ4n) is 0.629. The lowest BCUT2D eigenvalue weighted by Gasteiger charge is -1.99. The van der Waals surface area contributed by atoms with Gasteiger partial charge in [-0.05, 0) is 0 Å². The number of hydrogen-bond donors (Lipinski definition) is 3. The molecule has 1 rings (SSSR count). The first-order valence-electron chi connectivity index (χ1n) is 2.73. The van der Waals surface area contributed by atoms with Crippen molar-refractivity contribution in [3.05, 3.63) is 5.56 Å². The quantitative estimate of drug-likeness (QED) is 0.439. The van der Waals surface area contributed by atoms with Gasteiger partial charge in [0.1, 0.15) is 23.3 Å². The second kappa shape index (κ2) is 2.30. The number of nitrogens with zero attached hydrogens (tertiary/aromatic N) is 3. The fraction of sp³-hybridized carbons (Fsp3) is 0. The Balaban J connectivity index is 3.40. The zero-order valence-corrected chi connectivity index (χ0v) is 5.57. The van der Waals surface area contributed by atoms with Crippen molar-refractivity contribution < 1.29 is 0 Å². The van der Waals surface area contributed by atoms with Crippen LogP contribution in [0.15, 0.2) is 0 Å². The number of rotatable bonds is 0. The zero-order valence-electron chi connectivity index (χ0n) is 5.57. The van der Waals surface area contributed by atoms with Gasteiger partial charge in [-0.2, -0.15) is 15.2 Å². The molecule has 0 saturated carbocycles. The average Bonchev–Trinajstić information content (AvgIpc) is 1.85. The van der Waals surface area contributed by atoms with Crippen LogP contribution in [-0.2, 0) is 0 Å². The van der Waals surface area contributed by atoms with E-state index >= 15 is 0 Å². The number of hydrogen-bond acceptors (Lipinski definition) is 6. The predicted molar refractivity (Wildman–Crippen MR) is 40.0 cm³/mol. The Bertz CT molecular complexity index is 301. The van der Waals surface area contributed by atoms with Crippen LogP contribution in [0.4, 0.5) is 17.6 Å². The highest BCUT2D eigenvalue weighted by atomic mass is 15.1. The van der Waals surface area contributed by atoms with Gasteiger partial charge < -0.3 is 17.2 Å². The molecule has 6 nitrogen and oxygen atoms in total. The molecule has 1 heterocycles. The molecule has 6 N–H and O–H groups in total. The van der Waals surface area contributed by atoms with Crippen LogP contribution < -0.4 is 17.2 Å². The highest BCUT2D eigenvalue weighted by Gasteiger charge is 2.06. The first-order chi connectivity index (χ1) is 5.15. The molecule has 0 aliphatic carbocycles. The van der Waals surface area contributed by atoms with Gasteiger partial charge in [-0.25, -0.2) is 0 Å². The maximum atomic E-state index is 8.46. The molecule has 11 heavy (non-hydrogen) atoms. The molecule has 1 aromatic heterocycles. The molecule has 0 unspecified atom stereocenters. The minimum absolute atomic E-state index is 0.0116. The smallest absolute Gasteiger partial charge is 0.224 e. The zero-order chi connectivity index (χ0) is 8.43. The molecule has 0 spiro atoms. The van der Waals surface area contributed by atoms with Gasteiger partial charge in [0.05, 0.1) is 0 Å². The molecule has 0 aromatic carbocycles. The SMILES string of the molecule is N#Cc1c(N)nc(N)nc1N. The summed E-state index contributed by atoms with van der Waals surface area (Å²) in [6.07, 6.45) is 0. The molecule has 0 bridgehead atoms. The van der Waals surface area contributed by atoms with Gasteiger partial charge in [0, 0.05) is 0 Å². The highest BCUT2D eigenvalue weighted by Crippen LogP contribution is 2.14. The van der Waals surface area contributed by atoms with Crippen molar-refractivity contribution in [1.29, 1.82) is 5.26 Å². The Morgan fingerprint density at radius 3 is 1.91 bits per heavy atom. The van der Waals surface area contributed by atoms with Gasteiger partial charge in [0.2, 0.25) is 5.95 Å². The number of nitrogens with two attached hydrogens (primary N) is 3. The molecular formula is C5H6N6. The van der Waals surface area contributed by atoms with Gasteiger partial charge in [-0.1, -0.05) is 0 Å². The summed E-state index contributed by atoms with van der Waals surface area (Å²) in [7, 11) is 0. The Hall–Kier alpha value is -2.03. The summed E-state index contributed by atoms with van der Waals surface area (Å²) in [5.74, 6) is -0.00556. The summed E-state index contributed by atoms with van der Waals surface area (Å²) in [5, 5.41) is 8.46. The van der Waals surface area contributed by atoms with Gasteiger partial charge in [0.15, 0.2) is 0 Å². The number of nitriles is 1. The average molecular weight is 150 g/mol. The minimum atomic E-state index is -0.0287. The summed E-state index contributed by atoms with van der Waals surface area (Å²) in [4.78, 5) is 7.09. The standard InChI is InChI=1S/C5H6N6/c6-1-2-3(7)10-5(9)11-4(2)8/h(H6,7,8,9,10,11). The molecule has 0 saturated heterocycles. The van der Waals surface area contributed by atoms with Crippen molar-refractivity contribution in [2.24, 2.45) is 0 Å². The Morgan fingerprint density at radius 1 is 1.09 bits per heavy atom. The van der Waals surface area contributed by atoms with Crippen molar-refractivity contribution in [2.45, 2.75) is 0 Å². The largest absolute Gasteiger partial charge is 0.382 e. The summed E-state index contributed by atoms with van der Waals surface area (Å²) in [5.41, 5.74) is 15.9. The topological polar surface area (TPSA) is 128 Å². The van der Waals surface area contributed by atoms with E-state index < -0.39 is 0 Å². The summed E-state index contributed by atoms with van der Waals surface area (Å²) in [6, 6.07) is 1.76. The third-order valence-electron chi connectivity index (χ3n) is 1.09. The highest BCUT2D eigenvalue weighted by molar-refractivity contribution is 5.62. The lowest BCUT2D eigenvalue weighted by atomic mass is 10.3. The lowest BCUT2D eigenvalue weighted by Crippen LogP contribution is -2.06. The van der Waals surface area contributed by atoms with Gasteiger partial charge in [0.25, 0.3) is 0 Å². The molecule has 56 valence electrons. The van der Waals surface area contributed by atoms with Gasteiger partial charge in [-0.15, -0.1) is 0 Å². The van der Waals surface area contributed by atoms with Crippen LogP contribution in [0.1, 0.15) is 5.56 Å². The fourth-order valence-corrected chi connectivity index (χ4v) is 0.629. The van der Waals surface area contributed by atoms with Crippen molar-refractivity contribution in [2.75, 3.05) is 17.2 Å². The third kappa shape index (κ3) is 1.11. The van der Waals surface area contributed by atoms with E-state index in [1.165, 1.54) is 0 Å². The van der Waals surface area contributed by atoms with Crippen LogP contribution in [0.5, 0.6) is 0 Å². The van der Waals surface area contributed by atoms with Crippen molar-refractivity contribution in [3.8, 4) is 6.07 Å². The molecular weight excluding hydrogens is 144 g/mol. The van der Waals surface area contributed by atoms with Crippen LogP contribution in [0, 0.1) is 11.3 Å². The van der Waals surface area contributed by atoms with Crippen molar-refractivity contribution in [1.82, 2.24) is 9.97 Å². The van der Waals surface area contributed by atoms with Crippen LogP contribution in [-0.4, -0.2) is 9.97 Å². The summed E-state index contributed by atoms with van der Waals surface area (Å²) < 4.78 is 0. The molecule has 0 fully saturated rings. The number of aromatic nitrogens is 2. The normalized spacial score (nSPS) is 9.00. The molecule has 6 heteroatoms. The van der Waals surface area contributed by atoms with Crippen LogP contribution in [0.2, 0.25) is 0 Å². The minimum Gasteiger partial charge on any atom is -0.382 e. The molecule has 0 atom stereocenters. The van der Waals surface area contributed by atoms with Crippen LogP contribution in [0.25, 0.3) is 0 Å². The molecule has 0 radical (unpaired) electrons. The lowest BCUT2D eigenvalue weighted by molar-refractivity contribution is 1.19. The second-order valence-corrected chi connectivity index (χ2v) is 1.84. The predicted octanol–water partition coefficient (Wildman–Crippen LogP) is -0.905. The van der Waals surface area contributed by atoms with E-state index in [9.17, 15) is 0 Å². The van der Waals surface area contributed by atoms with E-state index in [0.717, 1.165) is 0 Å². The van der Waals surface area contributed by atoms with E-state index in [-0.39, 0.29) is 23.1 Å². The third-order valence-corrected chi connectivity index (χ3v) is 1.09. The van der Waals surface area contributed by atoms with Gasteiger partial charge >= 0.3 is 0 Å². The van der Waals surface area contributed by atoms with E-state index in [0.29, 0.717) is 0 Å². The summed E-state index contributed by atoms with van der Waals surface area (Å²) in [6.45, 7) is 0. The Morgan fingerprint density at radius 2 is 1.55 bits per heavy atom. The summed E-state index contributed by atoms with van der Waals surface area (Å²) >= 11 is 0. The van der Waals surface area contributed by atoms with Crippen LogP contribution in [0.3, 0.4) is 0 Å². The van der Waals surface area contributed by atoms with Crippen LogP contribution >= 0.6 is 0 Å². The first kappa shape index (κ1) is 7.08. The Kier molecular flexibility index (Phi) is 1.48. The number of nitrogen functional groups attached to an aromatic ring is 3. The first-order valence-corrected chi connectivity index (χ1v) is 2.73. The van der Waals surface area contributed by atoms with Crippen molar-refractivity contribution >= 4 is 17.6 Å². The maximum Gasteiger partial charge on any atom is 0.224 e. The Labute approximate surface area is 62.6 Å². The van der Waals surface area contributed by atoms with E-state index in [4.69, 9.17) is 22.5 Å². The monoisotopic (exact) mass is 150 g/mol. The maximum absolute atomic E-state index is 8.46. The molecule has 1 aromatic rings. The molecule has 0 aliphatic heterocycles. The van der Waals surface area contributed by atoms with E-state index in [1.54, 1.807) is 6.07 Å². The molecule has 0 amide bonds. The second-order valence-electron chi connectivity index (χ2n) is 1.84. The van der Waals surface area contributed by atoms with E-state index in [2.05, 4.69) is 9.97 Å². The van der Waals surface area contributed by atoms with E-state index in [1.807, 2.05) is 0 Å². The van der Waals surface area contributed by atoms with Gasteiger partial charge in [-0.3, -0.25) is 0 Å².